The molecule has 5 heteroatoms. The lowest BCUT2D eigenvalue weighted by Gasteiger charge is -2.36. The van der Waals surface area contributed by atoms with Crippen LogP contribution in [0.5, 0.6) is 11.5 Å². The van der Waals surface area contributed by atoms with Gasteiger partial charge in [0.15, 0.2) is 0 Å². The Hall–Kier alpha value is -2.24. The van der Waals surface area contributed by atoms with Gasteiger partial charge in [0.05, 0.1) is 7.11 Å². The molecule has 1 fully saturated rings. The summed E-state index contributed by atoms with van der Waals surface area (Å²) in [6, 6.07) is 16.1. The van der Waals surface area contributed by atoms with E-state index in [0.717, 1.165) is 31.9 Å². The number of methoxy groups -OCH3 is 1. The maximum atomic E-state index is 10.3. The number of benzene rings is 2. The molecular weight excluding hydrogens is 328 g/mol. The summed E-state index contributed by atoms with van der Waals surface area (Å²) >= 11 is 0. The maximum Gasteiger partial charge on any atom is 0.123 e. The van der Waals surface area contributed by atoms with Crippen molar-refractivity contribution in [3.05, 3.63) is 54.1 Å². The molecule has 2 aromatic rings. The fourth-order valence-corrected chi connectivity index (χ4v) is 3.18. The third kappa shape index (κ3) is 5.13. The summed E-state index contributed by atoms with van der Waals surface area (Å²) in [6.45, 7) is 6.88. The van der Waals surface area contributed by atoms with Crippen molar-refractivity contribution in [1.29, 1.82) is 0 Å². The van der Waals surface area contributed by atoms with Gasteiger partial charge in [-0.05, 0) is 31.2 Å². The second kappa shape index (κ2) is 8.92. The molecule has 0 spiro atoms. The lowest BCUT2D eigenvalue weighted by Crippen LogP contribution is -2.49. The van der Waals surface area contributed by atoms with Gasteiger partial charge < -0.3 is 19.5 Å². The number of aliphatic hydroxyl groups is 1. The number of rotatable bonds is 7. The Balaban J connectivity index is 1.41. The fourth-order valence-electron chi connectivity index (χ4n) is 3.18. The van der Waals surface area contributed by atoms with Crippen LogP contribution in [0.4, 0.5) is 5.69 Å². The summed E-state index contributed by atoms with van der Waals surface area (Å²) in [4.78, 5) is 4.69. The first kappa shape index (κ1) is 18.5. The first-order valence-electron chi connectivity index (χ1n) is 9.13. The van der Waals surface area contributed by atoms with E-state index in [2.05, 4.69) is 41.0 Å². The van der Waals surface area contributed by atoms with Crippen molar-refractivity contribution in [1.82, 2.24) is 4.90 Å². The van der Waals surface area contributed by atoms with Crippen molar-refractivity contribution in [3.8, 4) is 11.5 Å². The van der Waals surface area contributed by atoms with Gasteiger partial charge in [-0.25, -0.2) is 0 Å². The minimum Gasteiger partial charge on any atom is -0.497 e. The molecule has 5 nitrogen and oxygen atoms in total. The van der Waals surface area contributed by atoms with Crippen LogP contribution in [0, 0.1) is 6.92 Å². The molecule has 0 saturated carbocycles. The van der Waals surface area contributed by atoms with Crippen LogP contribution >= 0.6 is 0 Å². The molecule has 0 unspecified atom stereocenters. The standard InChI is InChI=1S/C21H28N2O3/c1-17-6-8-18(9-7-17)23-12-10-22(11-13-23)15-19(24)16-26-21-5-3-4-20(14-21)25-2/h3-9,14,19,24H,10-13,15-16H2,1-2H3/t19-/m1/s1. The zero-order valence-electron chi connectivity index (χ0n) is 15.6. The number of β-amino-alcohol motifs (C(OH)–C–C–N with tert-alkyl or cyclic N) is 1. The van der Waals surface area contributed by atoms with Gasteiger partial charge in [0.1, 0.15) is 24.2 Å². The highest BCUT2D eigenvalue weighted by atomic mass is 16.5. The molecule has 1 heterocycles. The number of ether oxygens (including phenoxy) is 2. The van der Waals surface area contributed by atoms with Crippen LogP contribution in [0.1, 0.15) is 5.56 Å². The molecule has 0 aromatic heterocycles. The number of hydrogen-bond acceptors (Lipinski definition) is 5. The maximum absolute atomic E-state index is 10.3. The first-order chi connectivity index (χ1) is 12.6. The molecule has 1 aliphatic rings. The van der Waals surface area contributed by atoms with E-state index in [1.165, 1.54) is 11.3 Å². The first-order valence-corrected chi connectivity index (χ1v) is 9.13. The minimum absolute atomic E-state index is 0.283. The largest absolute Gasteiger partial charge is 0.497 e. The van der Waals surface area contributed by atoms with Crippen molar-refractivity contribution in [2.45, 2.75) is 13.0 Å². The molecule has 3 rings (SSSR count). The highest BCUT2D eigenvalue weighted by Gasteiger charge is 2.19. The number of hydrogen-bond donors (Lipinski definition) is 1. The third-order valence-corrected chi connectivity index (χ3v) is 4.72. The molecule has 1 N–H and O–H groups in total. The highest BCUT2D eigenvalue weighted by Crippen LogP contribution is 2.19. The SMILES string of the molecule is COc1cccc(OC[C@H](O)CN2CCN(c3ccc(C)cc3)CC2)c1. The average Bonchev–Trinajstić information content (AvgIpc) is 2.68. The summed E-state index contributed by atoms with van der Waals surface area (Å²) in [7, 11) is 1.63. The van der Waals surface area contributed by atoms with Gasteiger partial charge in [-0.1, -0.05) is 23.8 Å². The third-order valence-electron chi connectivity index (χ3n) is 4.72. The summed E-state index contributed by atoms with van der Waals surface area (Å²) in [5, 5.41) is 10.3. The van der Waals surface area contributed by atoms with E-state index < -0.39 is 6.10 Å². The fraction of sp³-hybridized carbons (Fsp3) is 0.429. The highest BCUT2D eigenvalue weighted by molar-refractivity contribution is 5.47. The Morgan fingerprint density at radius 2 is 1.69 bits per heavy atom. The van der Waals surface area contributed by atoms with E-state index in [0.29, 0.717) is 12.3 Å². The summed E-state index contributed by atoms with van der Waals surface area (Å²) in [6.07, 6.45) is -0.507. The zero-order valence-corrected chi connectivity index (χ0v) is 15.6. The average molecular weight is 356 g/mol. The Labute approximate surface area is 155 Å². The van der Waals surface area contributed by atoms with Gasteiger partial charge in [-0.3, -0.25) is 4.90 Å². The topological polar surface area (TPSA) is 45.2 Å². The summed E-state index contributed by atoms with van der Waals surface area (Å²) in [5.41, 5.74) is 2.56. The van der Waals surface area contributed by atoms with Crippen LogP contribution in [0.3, 0.4) is 0 Å². The summed E-state index contributed by atoms with van der Waals surface area (Å²) in [5.74, 6) is 1.47. The Kier molecular flexibility index (Phi) is 6.36. The van der Waals surface area contributed by atoms with Crippen LogP contribution in [0.25, 0.3) is 0 Å². The van der Waals surface area contributed by atoms with E-state index in [1.807, 2.05) is 24.3 Å². The molecule has 0 radical (unpaired) electrons. The van der Waals surface area contributed by atoms with Crippen molar-refractivity contribution in [2.75, 3.05) is 51.3 Å². The normalized spacial score (nSPS) is 16.3. The van der Waals surface area contributed by atoms with E-state index in [9.17, 15) is 5.11 Å². The van der Waals surface area contributed by atoms with Gasteiger partial charge in [0.25, 0.3) is 0 Å². The van der Waals surface area contributed by atoms with Crippen LogP contribution in [0.15, 0.2) is 48.5 Å². The lowest BCUT2D eigenvalue weighted by molar-refractivity contribution is 0.0662. The Bertz CT molecular complexity index is 682. The van der Waals surface area contributed by atoms with E-state index >= 15 is 0 Å². The van der Waals surface area contributed by atoms with Crippen molar-refractivity contribution in [3.63, 3.8) is 0 Å². The van der Waals surface area contributed by atoms with Gasteiger partial charge in [-0.15, -0.1) is 0 Å². The van der Waals surface area contributed by atoms with Crippen LogP contribution in [-0.4, -0.2) is 62.6 Å². The Morgan fingerprint density at radius 1 is 1.00 bits per heavy atom. The van der Waals surface area contributed by atoms with E-state index in [4.69, 9.17) is 9.47 Å². The van der Waals surface area contributed by atoms with Crippen molar-refractivity contribution < 1.29 is 14.6 Å². The molecule has 1 atom stereocenters. The van der Waals surface area contributed by atoms with Crippen molar-refractivity contribution in [2.24, 2.45) is 0 Å². The quantitative estimate of drug-likeness (QED) is 0.826. The molecular formula is C21H28N2O3. The van der Waals surface area contributed by atoms with Gasteiger partial charge in [-0.2, -0.15) is 0 Å². The number of piperazine rings is 1. The van der Waals surface area contributed by atoms with E-state index in [-0.39, 0.29) is 6.61 Å². The molecule has 0 amide bonds. The molecule has 1 aliphatic heterocycles. The predicted molar refractivity (Wildman–Crippen MR) is 104 cm³/mol. The summed E-state index contributed by atoms with van der Waals surface area (Å²) < 4.78 is 10.9. The minimum atomic E-state index is -0.507. The van der Waals surface area contributed by atoms with Gasteiger partial charge in [0, 0.05) is 44.5 Å². The second-order valence-corrected chi connectivity index (χ2v) is 6.77. The number of aryl methyl sites for hydroxylation is 1. The van der Waals surface area contributed by atoms with Crippen LogP contribution in [0.2, 0.25) is 0 Å². The molecule has 0 aliphatic carbocycles. The number of anilines is 1. The molecule has 0 bridgehead atoms. The lowest BCUT2D eigenvalue weighted by atomic mass is 10.2. The Morgan fingerprint density at radius 3 is 2.38 bits per heavy atom. The van der Waals surface area contributed by atoms with Gasteiger partial charge >= 0.3 is 0 Å². The number of aliphatic hydroxyl groups excluding tert-OH is 1. The smallest absolute Gasteiger partial charge is 0.123 e. The van der Waals surface area contributed by atoms with E-state index in [1.54, 1.807) is 7.11 Å². The second-order valence-electron chi connectivity index (χ2n) is 6.77. The number of nitrogens with zero attached hydrogens (tertiary/aromatic N) is 2. The molecule has 2 aromatic carbocycles. The molecule has 26 heavy (non-hydrogen) atoms. The molecule has 1 saturated heterocycles. The zero-order chi connectivity index (χ0) is 18.4. The predicted octanol–water partition coefficient (Wildman–Crippen LogP) is 2.57. The van der Waals surface area contributed by atoms with Crippen molar-refractivity contribution >= 4 is 5.69 Å². The van der Waals surface area contributed by atoms with Crippen LogP contribution in [-0.2, 0) is 0 Å². The van der Waals surface area contributed by atoms with Crippen LogP contribution < -0.4 is 14.4 Å². The van der Waals surface area contributed by atoms with Gasteiger partial charge in [0.2, 0.25) is 0 Å². The molecule has 140 valence electrons. The monoisotopic (exact) mass is 356 g/mol.